The number of halogens is 1. The highest BCUT2D eigenvalue weighted by Gasteiger charge is 2.06. The van der Waals surface area contributed by atoms with Gasteiger partial charge in [-0.25, -0.2) is 0 Å². The summed E-state index contributed by atoms with van der Waals surface area (Å²) >= 11 is 0. The van der Waals surface area contributed by atoms with Crippen molar-refractivity contribution in [2.45, 2.75) is 13.3 Å². The summed E-state index contributed by atoms with van der Waals surface area (Å²) in [5, 5.41) is 5.21. The third kappa shape index (κ3) is 5.54. The van der Waals surface area contributed by atoms with Crippen LogP contribution in [0.15, 0.2) is 24.3 Å². The maximum absolute atomic E-state index is 11.6. The molecule has 4 N–H and O–H groups in total. The minimum Gasteiger partial charge on any atom is -0.399 e. The molecular weight excluding hydrogens is 254 g/mol. The van der Waals surface area contributed by atoms with Crippen molar-refractivity contribution in [3.8, 4) is 0 Å². The second-order valence-electron chi connectivity index (χ2n) is 3.65. The molecule has 0 aliphatic heterocycles. The van der Waals surface area contributed by atoms with Crippen LogP contribution < -0.4 is 16.4 Å². The van der Waals surface area contributed by atoms with Gasteiger partial charge in [0.15, 0.2) is 0 Å². The number of nitrogens with two attached hydrogens (primary N) is 1. The molecule has 0 fully saturated rings. The van der Waals surface area contributed by atoms with Gasteiger partial charge in [-0.3, -0.25) is 9.59 Å². The van der Waals surface area contributed by atoms with E-state index in [1.807, 2.05) is 6.92 Å². The predicted octanol–water partition coefficient (Wildman–Crippen LogP) is 0.947. The van der Waals surface area contributed by atoms with Crippen LogP contribution in [0.25, 0.3) is 0 Å². The van der Waals surface area contributed by atoms with Crippen LogP contribution in [-0.2, 0) is 4.79 Å². The molecule has 6 heteroatoms. The molecule has 100 valence electrons. The molecule has 0 atom stereocenters. The maximum atomic E-state index is 11.6. The van der Waals surface area contributed by atoms with Gasteiger partial charge in [0.05, 0.1) is 6.54 Å². The molecule has 0 aliphatic rings. The number of amides is 2. The van der Waals surface area contributed by atoms with Gasteiger partial charge in [0.25, 0.3) is 5.91 Å². The molecule has 2 amide bonds. The van der Waals surface area contributed by atoms with Gasteiger partial charge in [0, 0.05) is 17.8 Å². The molecule has 0 saturated heterocycles. The van der Waals surface area contributed by atoms with Gasteiger partial charge in [-0.2, -0.15) is 0 Å². The van der Waals surface area contributed by atoms with E-state index >= 15 is 0 Å². The van der Waals surface area contributed by atoms with Crippen molar-refractivity contribution in [1.29, 1.82) is 0 Å². The molecule has 0 aliphatic carbocycles. The summed E-state index contributed by atoms with van der Waals surface area (Å²) in [6.07, 6.45) is 0.873. The number of nitrogen functional groups attached to an aromatic ring is 1. The molecule has 0 unspecified atom stereocenters. The van der Waals surface area contributed by atoms with Crippen molar-refractivity contribution in [1.82, 2.24) is 10.6 Å². The number of nitrogens with one attached hydrogen (secondary N) is 2. The van der Waals surface area contributed by atoms with E-state index in [9.17, 15) is 9.59 Å². The Morgan fingerprint density at radius 1 is 1.17 bits per heavy atom. The van der Waals surface area contributed by atoms with Crippen LogP contribution in [0.5, 0.6) is 0 Å². The molecule has 1 rings (SSSR count). The first-order valence-electron chi connectivity index (χ1n) is 5.54. The van der Waals surface area contributed by atoms with Crippen LogP contribution in [0.4, 0.5) is 5.69 Å². The summed E-state index contributed by atoms with van der Waals surface area (Å²) in [6, 6.07) is 6.53. The molecule has 0 aromatic heterocycles. The first-order valence-corrected chi connectivity index (χ1v) is 5.54. The largest absolute Gasteiger partial charge is 0.399 e. The SMILES string of the molecule is CCCNC(=O)CNC(=O)c1ccc(N)cc1.Cl. The summed E-state index contributed by atoms with van der Waals surface area (Å²) < 4.78 is 0. The van der Waals surface area contributed by atoms with Gasteiger partial charge < -0.3 is 16.4 Å². The molecule has 0 spiro atoms. The number of anilines is 1. The minimum atomic E-state index is -0.281. The highest BCUT2D eigenvalue weighted by molar-refractivity contribution is 5.96. The normalized spacial score (nSPS) is 9.17. The summed E-state index contributed by atoms with van der Waals surface area (Å²) in [6.45, 7) is 2.58. The van der Waals surface area contributed by atoms with Crippen LogP contribution in [0.1, 0.15) is 23.7 Å². The number of carbonyl (C=O) groups is 2. The van der Waals surface area contributed by atoms with E-state index in [-0.39, 0.29) is 30.8 Å². The Labute approximate surface area is 113 Å². The number of carbonyl (C=O) groups excluding carboxylic acids is 2. The van der Waals surface area contributed by atoms with Crippen LogP contribution in [0.3, 0.4) is 0 Å². The second kappa shape index (κ2) is 8.36. The first-order chi connectivity index (χ1) is 8.13. The highest BCUT2D eigenvalue weighted by atomic mass is 35.5. The summed E-state index contributed by atoms with van der Waals surface area (Å²) in [5.41, 5.74) is 6.60. The lowest BCUT2D eigenvalue weighted by Crippen LogP contribution is -2.37. The van der Waals surface area contributed by atoms with Crippen molar-refractivity contribution in [3.05, 3.63) is 29.8 Å². The topological polar surface area (TPSA) is 84.2 Å². The summed E-state index contributed by atoms with van der Waals surface area (Å²) in [5.74, 6) is -0.465. The van der Waals surface area contributed by atoms with E-state index in [1.54, 1.807) is 24.3 Å². The zero-order chi connectivity index (χ0) is 12.7. The third-order valence-electron chi connectivity index (χ3n) is 2.15. The van der Waals surface area contributed by atoms with Gasteiger partial charge >= 0.3 is 0 Å². The molecule has 5 nitrogen and oxygen atoms in total. The fourth-order valence-electron chi connectivity index (χ4n) is 1.22. The van der Waals surface area contributed by atoms with E-state index in [2.05, 4.69) is 10.6 Å². The van der Waals surface area contributed by atoms with Crippen molar-refractivity contribution in [2.24, 2.45) is 0 Å². The third-order valence-corrected chi connectivity index (χ3v) is 2.15. The number of rotatable bonds is 5. The van der Waals surface area contributed by atoms with Crippen LogP contribution >= 0.6 is 12.4 Å². The molecule has 0 heterocycles. The zero-order valence-corrected chi connectivity index (χ0v) is 11.0. The quantitative estimate of drug-likeness (QED) is 0.697. The Hall–Kier alpha value is -1.75. The van der Waals surface area contributed by atoms with Crippen molar-refractivity contribution < 1.29 is 9.59 Å². The van der Waals surface area contributed by atoms with Crippen molar-refractivity contribution in [2.75, 3.05) is 18.8 Å². The average molecular weight is 272 g/mol. The van der Waals surface area contributed by atoms with Crippen LogP contribution in [-0.4, -0.2) is 24.9 Å². The van der Waals surface area contributed by atoms with Crippen molar-refractivity contribution >= 4 is 29.9 Å². The van der Waals surface area contributed by atoms with Gasteiger partial charge in [0.2, 0.25) is 5.91 Å². The molecule has 1 aromatic carbocycles. The number of benzene rings is 1. The van der Waals surface area contributed by atoms with Crippen molar-refractivity contribution in [3.63, 3.8) is 0 Å². The second-order valence-corrected chi connectivity index (χ2v) is 3.65. The zero-order valence-electron chi connectivity index (χ0n) is 10.2. The molecular formula is C12H18ClN3O2. The van der Waals surface area contributed by atoms with Gasteiger partial charge in [-0.1, -0.05) is 6.92 Å². The average Bonchev–Trinajstić information content (AvgIpc) is 2.34. The Morgan fingerprint density at radius 3 is 2.33 bits per heavy atom. The molecule has 0 radical (unpaired) electrons. The minimum absolute atomic E-state index is 0. The van der Waals surface area contributed by atoms with E-state index in [0.29, 0.717) is 17.8 Å². The summed E-state index contributed by atoms with van der Waals surface area (Å²) in [4.78, 5) is 22.8. The van der Waals surface area contributed by atoms with Crippen LogP contribution in [0, 0.1) is 0 Å². The standard InChI is InChI=1S/C12H17N3O2.ClH/c1-2-7-14-11(16)8-15-12(17)9-3-5-10(13)6-4-9;/h3-6H,2,7-8,13H2,1H3,(H,14,16)(H,15,17);1H. The molecule has 18 heavy (non-hydrogen) atoms. The molecule has 0 bridgehead atoms. The fraction of sp³-hybridized carbons (Fsp3) is 0.333. The maximum Gasteiger partial charge on any atom is 0.251 e. The first kappa shape index (κ1) is 16.2. The highest BCUT2D eigenvalue weighted by Crippen LogP contribution is 2.04. The number of hydrogen-bond donors (Lipinski definition) is 3. The van der Waals surface area contributed by atoms with E-state index < -0.39 is 0 Å². The van der Waals surface area contributed by atoms with Gasteiger partial charge in [0.1, 0.15) is 0 Å². The smallest absolute Gasteiger partial charge is 0.251 e. The lowest BCUT2D eigenvalue weighted by Gasteiger charge is -2.06. The number of hydrogen-bond acceptors (Lipinski definition) is 3. The molecule has 0 saturated carbocycles. The monoisotopic (exact) mass is 271 g/mol. The van der Waals surface area contributed by atoms with E-state index in [1.165, 1.54) is 0 Å². The lowest BCUT2D eigenvalue weighted by atomic mass is 10.2. The van der Waals surface area contributed by atoms with E-state index in [0.717, 1.165) is 6.42 Å². The Kier molecular flexibility index (Phi) is 7.54. The Balaban J connectivity index is 0.00000289. The predicted molar refractivity (Wildman–Crippen MR) is 73.7 cm³/mol. The van der Waals surface area contributed by atoms with Crippen LogP contribution in [0.2, 0.25) is 0 Å². The summed E-state index contributed by atoms with van der Waals surface area (Å²) in [7, 11) is 0. The fourth-order valence-corrected chi connectivity index (χ4v) is 1.22. The van der Waals surface area contributed by atoms with E-state index in [4.69, 9.17) is 5.73 Å². The Morgan fingerprint density at radius 2 is 1.78 bits per heavy atom. The lowest BCUT2D eigenvalue weighted by molar-refractivity contribution is -0.120. The van der Waals surface area contributed by atoms with Gasteiger partial charge in [-0.15, -0.1) is 12.4 Å². The Bertz CT molecular complexity index is 393. The molecule has 1 aromatic rings. The van der Waals surface area contributed by atoms with Gasteiger partial charge in [-0.05, 0) is 30.7 Å².